The van der Waals surface area contributed by atoms with Crippen molar-refractivity contribution >= 4 is 23.1 Å². The van der Waals surface area contributed by atoms with Gasteiger partial charge in [-0.05, 0) is 27.7 Å². The number of aliphatic hydroxyl groups excluding tert-OH is 4. The molecule has 0 atom stereocenters. The predicted octanol–water partition coefficient (Wildman–Crippen LogP) is 7.17. The maximum atomic E-state index is 11.6. The maximum Gasteiger partial charge on any atom is 0.164 e. The molecule has 0 aliphatic heterocycles. The minimum absolute atomic E-state index is 0. The van der Waals surface area contributed by atoms with Crippen LogP contribution in [0.3, 0.4) is 0 Å². The molecule has 2 aromatic carbocycles. The number of benzene rings is 2. The Balaban J connectivity index is -0.000000512. The van der Waals surface area contributed by atoms with Crippen LogP contribution >= 0.6 is 0 Å². The largest absolute Gasteiger partial charge is 0.507 e. The van der Waals surface area contributed by atoms with Crippen LogP contribution in [-0.4, -0.2) is 44.2 Å². The molecule has 2 rings (SSSR count). The molecule has 0 aromatic heterocycles. The van der Waals surface area contributed by atoms with E-state index in [9.17, 15) is 19.8 Å². The smallest absolute Gasteiger partial charge is 0.164 e. The third kappa shape index (κ3) is 23.1. The SMILES string of the molecule is CC(C)(C)C(=O)/C=C(\O)c1ccccc1.CC(C)(C)C(=O)/C=C(\O)c1ccccc1.CC(C)O.CC(C)O.[Ti]. The number of ketones is 2. The molecule has 0 spiro atoms. The number of aliphatic hydroxyl groups is 4. The second-order valence-electron chi connectivity index (χ2n) is 11.2. The van der Waals surface area contributed by atoms with Gasteiger partial charge in [0.25, 0.3) is 0 Å². The molecule has 2 aromatic rings. The van der Waals surface area contributed by atoms with Gasteiger partial charge < -0.3 is 20.4 Å². The molecule has 0 aliphatic carbocycles. The molecule has 0 fully saturated rings. The van der Waals surface area contributed by atoms with Gasteiger partial charge in [0.15, 0.2) is 11.6 Å². The molecule has 0 amide bonds. The van der Waals surface area contributed by atoms with E-state index in [4.69, 9.17) is 10.2 Å². The summed E-state index contributed by atoms with van der Waals surface area (Å²) in [5.74, 6) is -0.112. The summed E-state index contributed by atoms with van der Waals surface area (Å²) in [6, 6.07) is 18.1. The second kappa shape index (κ2) is 20.4. The minimum atomic E-state index is -0.456. The quantitative estimate of drug-likeness (QED) is 0.174. The number of hydrogen-bond donors (Lipinski definition) is 4. The molecule has 0 bridgehead atoms. The first-order chi connectivity index (χ1) is 17.3. The summed E-state index contributed by atoms with van der Waals surface area (Å²) in [5.41, 5.74) is 0.413. The van der Waals surface area contributed by atoms with Crippen molar-refractivity contribution in [3.63, 3.8) is 0 Å². The van der Waals surface area contributed by atoms with E-state index in [-0.39, 0.29) is 57.0 Å². The number of carbonyl (C=O) groups excluding carboxylic acids is 2. The Morgan fingerprint density at radius 1 is 0.590 bits per heavy atom. The second-order valence-corrected chi connectivity index (χ2v) is 11.2. The Kier molecular flexibility index (Phi) is 21.4. The Hall–Kier alpha value is -2.51. The summed E-state index contributed by atoms with van der Waals surface area (Å²) < 4.78 is 0. The van der Waals surface area contributed by atoms with Crippen molar-refractivity contribution in [2.24, 2.45) is 10.8 Å². The summed E-state index contributed by atoms with van der Waals surface area (Å²) in [5, 5.41) is 35.5. The van der Waals surface area contributed by atoms with Crippen LogP contribution in [0.5, 0.6) is 0 Å². The van der Waals surface area contributed by atoms with Gasteiger partial charge >= 0.3 is 0 Å². The molecule has 7 heteroatoms. The van der Waals surface area contributed by atoms with Crippen molar-refractivity contribution in [1.29, 1.82) is 0 Å². The molecular weight excluding hydrogens is 528 g/mol. The average molecular weight is 577 g/mol. The molecule has 0 saturated heterocycles. The number of hydrogen-bond acceptors (Lipinski definition) is 6. The zero-order chi connectivity index (χ0) is 30.1. The fraction of sp³-hybridized carbons (Fsp3) is 0.438. The molecule has 4 N–H and O–H groups in total. The normalized spacial score (nSPS) is 11.5. The van der Waals surface area contributed by atoms with Crippen LogP contribution in [0.25, 0.3) is 11.5 Å². The monoisotopic (exact) mass is 576 g/mol. The number of rotatable bonds is 4. The number of allylic oxidation sites excluding steroid dienone is 2. The van der Waals surface area contributed by atoms with Gasteiger partial charge in [0.1, 0.15) is 11.5 Å². The predicted molar refractivity (Wildman–Crippen MR) is 158 cm³/mol. The van der Waals surface area contributed by atoms with Gasteiger partial charge in [-0.25, -0.2) is 0 Å². The molecule has 6 nitrogen and oxygen atoms in total. The van der Waals surface area contributed by atoms with Crippen molar-refractivity contribution in [3.05, 3.63) is 83.9 Å². The summed E-state index contributed by atoms with van der Waals surface area (Å²) >= 11 is 0. The van der Waals surface area contributed by atoms with Gasteiger partial charge in [0.05, 0.1) is 0 Å². The van der Waals surface area contributed by atoms with Gasteiger partial charge in [0.2, 0.25) is 0 Å². The van der Waals surface area contributed by atoms with E-state index in [1.807, 2.05) is 77.9 Å². The van der Waals surface area contributed by atoms with Gasteiger partial charge in [-0.3, -0.25) is 9.59 Å². The molecule has 216 valence electrons. The summed E-state index contributed by atoms with van der Waals surface area (Å²) in [6.45, 7) is 17.8. The van der Waals surface area contributed by atoms with Gasteiger partial charge in [0, 0.05) is 68.0 Å². The fourth-order valence-corrected chi connectivity index (χ4v) is 2.07. The van der Waals surface area contributed by atoms with E-state index in [1.54, 1.807) is 52.0 Å². The van der Waals surface area contributed by atoms with Crippen molar-refractivity contribution in [2.45, 2.75) is 81.4 Å². The van der Waals surface area contributed by atoms with Crippen LogP contribution in [0.4, 0.5) is 0 Å². The van der Waals surface area contributed by atoms with Crippen LogP contribution in [0.1, 0.15) is 80.4 Å². The average Bonchev–Trinajstić information content (AvgIpc) is 2.78. The van der Waals surface area contributed by atoms with E-state index in [1.165, 1.54) is 12.2 Å². The third-order valence-electron chi connectivity index (χ3n) is 4.15. The maximum absolute atomic E-state index is 11.6. The van der Waals surface area contributed by atoms with Crippen molar-refractivity contribution < 1.29 is 51.7 Å². The van der Waals surface area contributed by atoms with Crippen molar-refractivity contribution in [3.8, 4) is 0 Å². The van der Waals surface area contributed by atoms with Crippen molar-refractivity contribution in [1.82, 2.24) is 0 Å². The topological polar surface area (TPSA) is 115 Å². The molecule has 0 heterocycles. The summed E-state index contributed by atoms with van der Waals surface area (Å²) in [6.07, 6.45) is 2.24. The molecule has 39 heavy (non-hydrogen) atoms. The van der Waals surface area contributed by atoms with E-state index in [0.717, 1.165) is 0 Å². The van der Waals surface area contributed by atoms with Gasteiger partial charge in [-0.1, -0.05) is 102 Å². The third-order valence-corrected chi connectivity index (χ3v) is 4.15. The van der Waals surface area contributed by atoms with Gasteiger partial charge in [-0.2, -0.15) is 0 Å². The minimum Gasteiger partial charge on any atom is -0.507 e. The molecule has 0 unspecified atom stereocenters. The van der Waals surface area contributed by atoms with Crippen LogP contribution in [-0.2, 0) is 31.3 Å². The van der Waals surface area contributed by atoms with Crippen LogP contribution < -0.4 is 0 Å². The first-order valence-corrected chi connectivity index (χ1v) is 12.7. The van der Waals surface area contributed by atoms with Gasteiger partial charge in [-0.15, -0.1) is 0 Å². The first kappa shape index (κ1) is 41.0. The van der Waals surface area contributed by atoms with Crippen molar-refractivity contribution in [2.75, 3.05) is 0 Å². The van der Waals surface area contributed by atoms with Crippen LogP contribution in [0.2, 0.25) is 0 Å². The van der Waals surface area contributed by atoms with E-state index in [0.29, 0.717) is 11.1 Å². The summed E-state index contributed by atoms with van der Waals surface area (Å²) in [7, 11) is 0. The zero-order valence-corrected chi connectivity index (χ0v) is 26.7. The molecule has 0 radical (unpaired) electrons. The van der Waals surface area contributed by atoms with E-state index in [2.05, 4.69) is 0 Å². The number of carbonyl (C=O) groups is 2. The zero-order valence-electron chi connectivity index (χ0n) is 25.2. The fourth-order valence-electron chi connectivity index (χ4n) is 2.07. The molecule has 0 saturated carbocycles. The molecule has 0 aliphatic rings. The molecular formula is C32H48O6Ti. The Bertz CT molecular complexity index is 907. The Morgan fingerprint density at radius 2 is 0.795 bits per heavy atom. The van der Waals surface area contributed by atoms with E-state index < -0.39 is 10.8 Å². The van der Waals surface area contributed by atoms with Crippen LogP contribution in [0, 0.1) is 10.8 Å². The standard InChI is InChI=1S/2C13H16O2.2C3H8O.Ti/c2*1-13(2,3)12(15)9-11(14)10-7-5-4-6-8-10;2*1-3(2)4;/h2*4-9,14H,1-3H3;2*3-4H,1-2H3;/b2*11-9-;;;. The Morgan fingerprint density at radius 3 is 0.974 bits per heavy atom. The Labute approximate surface area is 250 Å². The van der Waals surface area contributed by atoms with Crippen LogP contribution in [0.15, 0.2) is 72.8 Å². The van der Waals surface area contributed by atoms with E-state index >= 15 is 0 Å². The first-order valence-electron chi connectivity index (χ1n) is 12.7. The summed E-state index contributed by atoms with van der Waals surface area (Å²) in [4.78, 5) is 23.2.